The molecule has 2 heteroatoms. The van der Waals surface area contributed by atoms with E-state index in [9.17, 15) is 0 Å². The maximum Gasteiger partial charge on any atom is 0.0996 e. The Balaban J connectivity index is 1.83. The van der Waals surface area contributed by atoms with Crippen LogP contribution >= 0.6 is 0 Å². The van der Waals surface area contributed by atoms with Gasteiger partial charge in [-0.2, -0.15) is 0 Å². The molecule has 2 nitrogen and oxygen atoms in total. The minimum absolute atomic E-state index is 0.384. The fraction of sp³-hybridized carbons (Fsp3) is 0.786. The number of nitrogens with zero attached hydrogens (tertiary/aromatic N) is 1. The van der Waals surface area contributed by atoms with E-state index in [1.807, 2.05) is 6.21 Å². The molecule has 0 amide bonds. The highest BCUT2D eigenvalue weighted by atomic mass is 15.1. The summed E-state index contributed by atoms with van der Waals surface area (Å²) in [7, 11) is 0. The second-order valence-corrected chi connectivity index (χ2v) is 4.51. The predicted molar refractivity (Wildman–Crippen MR) is 72.0 cm³/mol. The van der Waals surface area contributed by atoms with E-state index in [0.717, 1.165) is 19.4 Å². The molecular weight excluding hydrogens is 196 g/mol. The van der Waals surface area contributed by atoms with Gasteiger partial charge in [-0.1, -0.05) is 44.8 Å². The lowest BCUT2D eigenvalue weighted by molar-refractivity contribution is 0.563. The number of hydrogen-bond donors (Lipinski definition) is 1. The molecule has 0 fully saturated rings. The van der Waals surface area contributed by atoms with Crippen LogP contribution in [-0.2, 0) is 0 Å². The van der Waals surface area contributed by atoms with Crippen molar-refractivity contribution < 1.29 is 0 Å². The quantitative estimate of drug-likeness (QED) is 0.467. The van der Waals surface area contributed by atoms with Crippen molar-refractivity contribution in [2.75, 3.05) is 6.54 Å². The summed E-state index contributed by atoms with van der Waals surface area (Å²) in [5.74, 6) is 0. The highest BCUT2D eigenvalue weighted by Gasteiger charge is 2.06. The van der Waals surface area contributed by atoms with Crippen LogP contribution < -0.4 is 5.32 Å². The Morgan fingerprint density at radius 2 is 2.00 bits per heavy atom. The van der Waals surface area contributed by atoms with Crippen LogP contribution in [0.4, 0.5) is 0 Å². The van der Waals surface area contributed by atoms with E-state index < -0.39 is 0 Å². The largest absolute Gasteiger partial charge is 0.291 e. The van der Waals surface area contributed by atoms with Crippen LogP contribution in [0.5, 0.6) is 0 Å². The van der Waals surface area contributed by atoms with Crippen molar-refractivity contribution in [3.05, 3.63) is 12.2 Å². The fourth-order valence-electron chi connectivity index (χ4n) is 1.95. The van der Waals surface area contributed by atoms with E-state index >= 15 is 0 Å². The second-order valence-electron chi connectivity index (χ2n) is 4.51. The zero-order chi connectivity index (χ0) is 11.5. The van der Waals surface area contributed by atoms with E-state index in [-0.39, 0.29) is 0 Å². The number of rotatable bonds is 9. The Morgan fingerprint density at radius 1 is 1.19 bits per heavy atom. The summed E-state index contributed by atoms with van der Waals surface area (Å²) in [6, 6.07) is 0. The summed E-state index contributed by atoms with van der Waals surface area (Å²) < 4.78 is 0. The molecule has 0 aromatic carbocycles. The van der Waals surface area contributed by atoms with Gasteiger partial charge in [-0.3, -0.25) is 10.3 Å². The highest BCUT2D eigenvalue weighted by Crippen LogP contribution is 2.07. The van der Waals surface area contributed by atoms with E-state index in [4.69, 9.17) is 0 Å². The zero-order valence-corrected chi connectivity index (χ0v) is 10.6. The molecule has 0 saturated heterocycles. The lowest BCUT2D eigenvalue weighted by Gasteiger charge is -2.04. The number of unbranched alkanes of at least 4 members (excludes halogenated alkanes) is 5. The van der Waals surface area contributed by atoms with Gasteiger partial charge < -0.3 is 0 Å². The van der Waals surface area contributed by atoms with Gasteiger partial charge in [0, 0.05) is 12.8 Å². The van der Waals surface area contributed by atoms with E-state index in [0.29, 0.717) is 6.17 Å². The van der Waals surface area contributed by atoms with Gasteiger partial charge in [-0.15, -0.1) is 0 Å². The number of aliphatic imine (C=N–C) groups is 1. The first-order valence-electron chi connectivity index (χ1n) is 6.83. The van der Waals surface area contributed by atoms with Crippen molar-refractivity contribution in [1.29, 1.82) is 0 Å². The Hall–Kier alpha value is -0.630. The monoisotopic (exact) mass is 222 g/mol. The maximum absolute atomic E-state index is 4.33. The van der Waals surface area contributed by atoms with Crippen LogP contribution in [-0.4, -0.2) is 18.9 Å². The van der Waals surface area contributed by atoms with Crippen LogP contribution in [0.2, 0.25) is 0 Å². The number of hydrogen-bond acceptors (Lipinski definition) is 2. The third-order valence-corrected chi connectivity index (χ3v) is 2.98. The van der Waals surface area contributed by atoms with Crippen molar-refractivity contribution in [2.45, 2.75) is 64.5 Å². The van der Waals surface area contributed by atoms with E-state index in [1.165, 1.54) is 38.5 Å². The van der Waals surface area contributed by atoms with Crippen LogP contribution in [0, 0.1) is 0 Å². The van der Waals surface area contributed by atoms with Gasteiger partial charge in [0.05, 0.1) is 6.17 Å². The molecule has 92 valence electrons. The van der Waals surface area contributed by atoms with Gasteiger partial charge in [0.1, 0.15) is 0 Å². The Kier molecular flexibility index (Phi) is 8.05. The second kappa shape index (κ2) is 9.59. The first-order chi connectivity index (χ1) is 7.93. The lowest BCUT2D eigenvalue weighted by atomic mass is 10.1. The van der Waals surface area contributed by atoms with Crippen molar-refractivity contribution >= 4 is 6.21 Å². The molecule has 16 heavy (non-hydrogen) atoms. The Morgan fingerprint density at radius 3 is 2.75 bits per heavy atom. The first kappa shape index (κ1) is 13.4. The molecule has 1 rings (SSSR count). The molecule has 1 unspecified atom stereocenters. The fourth-order valence-corrected chi connectivity index (χ4v) is 1.95. The molecule has 1 N–H and O–H groups in total. The summed E-state index contributed by atoms with van der Waals surface area (Å²) >= 11 is 0. The zero-order valence-electron chi connectivity index (χ0n) is 10.6. The summed E-state index contributed by atoms with van der Waals surface area (Å²) in [5.41, 5.74) is 0. The van der Waals surface area contributed by atoms with Gasteiger partial charge in [-0.25, -0.2) is 0 Å². The predicted octanol–water partition coefficient (Wildman–Crippen LogP) is 3.68. The molecule has 0 aromatic rings. The van der Waals surface area contributed by atoms with Crippen LogP contribution in [0.1, 0.15) is 58.3 Å². The maximum atomic E-state index is 4.33. The van der Waals surface area contributed by atoms with Gasteiger partial charge in [-0.05, 0) is 25.7 Å². The minimum Gasteiger partial charge on any atom is -0.291 e. The van der Waals surface area contributed by atoms with Crippen LogP contribution in [0.3, 0.4) is 0 Å². The van der Waals surface area contributed by atoms with E-state index in [2.05, 4.69) is 29.4 Å². The van der Waals surface area contributed by atoms with Gasteiger partial charge in [0.25, 0.3) is 0 Å². The topological polar surface area (TPSA) is 24.4 Å². The van der Waals surface area contributed by atoms with Crippen molar-refractivity contribution in [3.8, 4) is 0 Å². The SMILES string of the molecule is CCCCCCC/C=C/CCC1N=CCN1. The van der Waals surface area contributed by atoms with E-state index in [1.54, 1.807) is 0 Å². The summed E-state index contributed by atoms with van der Waals surface area (Å²) in [5, 5.41) is 3.33. The molecule has 1 atom stereocenters. The average Bonchev–Trinajstić information content (AvgIpc) is 2.80. The number of nitrogens with one attached hydrogen (secondary N) is 1. The van der Waals surface area contributed by atoms with Gasteiger partial charge >= 0.3 is 0 Å². The minimum atomic E-state index is 0.384. The van der Waals surface area contributed by atoms with Crippen molar-refractivity contribution in [2.24, 2.45) is 4.99 Å². The smallest absolute Gasteiger partial charge is 0.0996 e. The molecule has 1 aliphatic rings. The summed E-state index contributed by atoms with van der Waals surface area (Å²) in [6.07, 6.45) is 17.5. The summed E-state index contributed by atoms with van der Waals surface area (Å²) in [4.78, 5) is 4.33. The molecule has 1 heterocycles. The normalized spacial score (nSPS) is 19.9. The lowest BCUT2D eigenvalue weighted by Crippen LogP contribution is -2.21. The molecule has 0 radical (unpaired) electrons. The number of allylic oxidation sites excluding steroid dienone is 2. The molecule has 0 saturated carbocycles. The average molecular weight is 222 g/mol. The Bertz CT molecular complexity index is 209. The highest BCUT2D eigenvalue weighted by molar-refractivity contribution is 5.61. The molecule has 0 spiro atoms. The van der Waals surface area contributed by atoms with Crippen molar-refractivity contribution in [3.63, 3.8) is 0 Å². The molecule has 1 aliphatic heterocycles. The Labute approximate surface area is 100 Å². The third kappa shape index (κ3) is 6.78. The summed E-state index contributed by atoms with van der Waals surface area (Å²) in [6.45, 7) is 3.21. The van der Waals surface area contributed by atoms with Gasteiger partial charge in [0.15, 0.2) is 0 Å². The third-order valence-electron chi connectivity index (χ3n) is 2.98. The van der Waals surface area contributed by atoms with Crippen LogP contribution in [0.25, 0.3) is 0 Å². The van der Waals surface area contributed by atoms with Gasteiger partial charge in [0.2, 0.25) is 0 Å². The van der Waals surface area contributed by atoms with Crippen LogP contribution in [0.15, 0.2) is 17.1 Å². The molecule has 0 bridgehead atoms. The standard InChI is InChI=1S/C14H26N2/c1-2-3-4-5-6-7-8-9-10-11-14-15-12-13-16-14/h8-9,12,14,16H,2-7,10-11,13H2,1H3/b9-8+. The molecular formula is C14H26N2. The molecule has 0 aliphatic carbocycles. The molecule has 0 aromatic heterocycles. The van der Waals surface area contributed by atoms with Crippen molar-refractivity contribution in [1.82, 2.24) is 5.32 Å². The first-order valence-corrected chi connectivity index (χ1v) is 6.83.